The van der Waals surface area contributed by atoms with Crippen LogP contribution in [0.4, 0.5) is 0 Å². The van der Waals surface area contributed by atoms with Crippen molar-refractivity contribution in [2.24, 2.45) is 0 Å². The SMILES string of the molecule is CN(C)C12CCN(CCc3ccccc3)C([C@H](c3ccccc3)C1)[C@H](c1ccccc1)C2. The molecule has 0 N–H and O–H groups in total. The van der Waals surface area contributed by atoms with Crippen molar-refractivity contribution in [3.63, 3.8) is 0 Å². The van der Waals surface area contributed by atoms with Crippen LogP contribution < -0.4 is 0 Å². The molecule has 3 fully saturated rings. The maximum absolute atomic E-state index is 2.85. The Labute approximate surface area is 193 Å². The molecule has 3 aliphatic rings. The molecule has 6 rings (SSSR count). The van der Waals surface area contributed by atoms with Gasteiger partial charge in [-0.3, -0.25) is 4.90 Å². The van der Waals surface area contributed by atoms with E-state index < -0.39 is 0 Å². The highest BCUT2D eigenvalue weighted by Gasteiger charge is 2.52. The Morgan fingerprint density at radius 3 is 1.75 bits per heavy atom. The quantitative estimate of drug-likeness (QED) is 0.481. The molecule has 0 spiro atoms. The Balaban J connectivity index is 1.56. The normalized spacial score (nSPS) is 28.0. The fourth-order valence-electron chi connectivity index (χ4n) is 6.44. The van der Waals surface area contributed by atoms with Crippen LogP contribution in [0.5, 0.6) is 0 Å². The maximum Gasteiger partial charge on any atom is 0.0234 e. The maximum atomic E-state index is 2.85. The van der Waals surface area contributed by atoms with Gasteiger partial charge in [-0.25, -0.2) is 0 Å². The topological polar surface area (TPSA) is 6.48 Å². The van der Waals surface area contributed by atoms with Gasteiger partial charge in [-0.05, 0) is 56.5 Å². The van der Waals surface area contributed by atoms with Crippen LogP contribution in [-0.4, -0.2) is 48.6 Å². The fraction of sp³-hybridized carbons (Fsp3) is 0.400. The van der Waals surface area contributed by atoms with E-state index >= 15 is 0 Å². The molecular weight excluding hydrogens is 388 g/mol. The van der Waals surface area contributed by atoms with Gasteiger partial charge < -0.3 is 4.90 Å². The van der Waals surface area contributed by atoms with E-state index in [1.54, 1.807) is 0 Å². The molecule has 0 aromatic heterocycles. The summed E-state index contributed by atoms with van der Waals surface area (Å²) < 4.78 is 0. The Hall–Kier alpha value is -2.42. The molecule has 32 heavy (non-hydrogen) atoms. The first-order chi connectivity index (χ1) is 15.7. The second-order valence-corrected chi connectivity index (χ2v) is 10.1. The molecular formula is C30H36N2. The van der Waals surface area contributed by atoms with Crippen LogP contribution in [0.2, 0.25) is 0 Å². The first kappa shape index (κ1) is 21.4. The van der Waals surface area contributed by atoms with Crippen molar-refractivity contribution in [2.75, 3.05) is 27.2 Å². The fourth-order valence-corrected chi connectivity index (χ4v) is 6.44. The number of hydrogen-bond acceptors (Lipinski definition) is 2. The van der Waals surface area contributed by atoms with Crippen molar-refractivity contribution in [1.29, 1.82) is 0 Å². The van der Waals surface area contributed by atoms with E-state index in [1.807, 2.05) is 0 Å². The lowest BCUT2D eigenvalue weighted by molar-refractivity contribution is 0.0664. The van der Waals surface area contributed by atoms with Gasteiger partial charge in [0.05, 0.1) is 0 Å². The van der Waals surface area contributed by atoms with E-state index in [0.717, 1.165) is 13.0 Å². The molecule has 3 aromatic rings. The first-order valence-corrected chi connectivity index (χ1v) is 12.2. The lowest BCUT2D eigenvalue weighted by Crippen LogP contribution is -2.52. The Morgan fingerprint density at radius 1 is 0.750 bits per heavy atom. The van der Waals surface area contributed by atoms with Crippen LogP contribution in [0.15, 0.2) is 91.0 Å². The van der Waals surface area contributed by atoms with Gasteiger partial charge >= 0.3 is 0 Å². The van der Waals surface area contributed by atoms with Crippen molar-refractivity contribution >= 4 is 0 Å². The zero-order valence-corrected chi connectivity index (χ0v) is 19.5. The molecule has 1 aliphatic carbocycles. The number of benzene rings is 3. The predicted octanol–water partition coefficient (Wildman–Crippen LogP) is 5.97. The molecule has 2 saturated heterocycles. The van der Waals surface area contributed by atoms with Crippen molar-refractivity contribution in [1.82, 2.24) is 9.80 Å². The van der Waals surface area contributed by atoms with E-state index in [-0.39, 0.29) is 5.54 Å². The Morgan fingerprint density at radius 2 is 1.25 bits per heavy atom. The summed E-state index contributed by atoms with van der Waals surface area (Å²) in [5.41, 5.74) is 4.71. The highest BCUT2D eigenvalue weighted by atomic mass is 15.2. The van der Waals surface area contributed by atoms with Crippen LogP contribution in [-0.2, 0) is 6.42 Å². The number of fused-ring (bicyclic) bond motifs is 4. The standard InChI is InChI=1S/C30H36N2/c1-31(2)30-19-21-32(20-18-24-12-6-3-7-13-24)29(27(22-30)25-14-8-4-9-15-25)28(23-30)26-16-10-5-11-17-26/h3-17,27-29H,18-23H2,1-2H3/t27-,28-,29?,30?/m0/s1. The smallest absolute Gasteiger partial charge is 0.0234 e. The van der Waals surface area contributed by atoms with Crippen molar-refractivity contribution in [3.05, 3.63) is 108 Å². The average Bonchev–Trinajstić information content (AvgIpc) is 3.12. The highest BCUT2D eigenvalue weighted by molar-refractivity contribution is 5.32. The highest BCUT2D eigenvalue weighted by Crippen LogP contribution is 2.53. The third-order valence-electron chi connectivity index (χ3n) is 8.24. The summed E-state index contributed by atoms with van der Waals surface area (Å²) in [5.74, 6) is 1.10. The molecule has 2 nitrogen and oxygen atoms in total. The minimum Gasteiger partial charge on any atom is -0.304 e. The molecule has 1 saturated carbocycles. The van der Waals surface area contributed by atoms with Crippen molar-refractivity contribution in [2.45, 2.75) is 49.1 Å². The van der Waals surface area contributed by atoms with Crippen LogP contribution in [0.3, 0.4) is 0 Å². The summed E-state index contributed by atoms with van der Waals surface area (Å²) in [7, 11) is 4.62. The summed E-state index contributed by atoms with van der Waals surface area (Å²) in [4.78, 5) is 5.40. The lowest BCUT2D eigenvalue weighted by Gasteiger charge is -2.51. The van der Waals surface area contributed by atoms with Gasteiger partial charge in [0.25, 0.3) is 0 Å². The molecule has 2 atom stereocenters. The molecule has 0 amide bonds. The Kier molecular flexibility index (Phi) is 6.17. The minimum absolute atomic E-state index is 0.249. The Bertz CT molecular complexity index is 934. The van der Waals surface area contributed by atoms with Crippen LogP contribution >= 0.6 is 0 Å². The monoisotopic (exact) mass is 424 g/mol. The summed E-state index contributed by atoms with van der Waals surface area (Å²) in [6.45, 7) is 2.31. The lowest BCUT2D eigenvalue weighted by atomic mass is 9.63. The predicted molar refractivity (Wildman–Crippen MR) is 134 cm³/mol. The summed E-state index contributed by atoms with van der Waals surface area (Å²) in [5, 5.41) is 0. The summed E-state index contributed by atoms with van der Waals surface area (Å²) in [6, 6.07) is 34.2. The van der Waals surface area contributed by atoms with E-state index in [4.69, 9.17) is 0 Å². The molecule has 2 bridgehead atoms. The molecule has 2 aliphatic heterocycles. The second-order valence-electron chi connectivity index (χ2n) is 10.1. The van der Waals surface area contributed by atoms with Gasteiger partial charge in [-0.1, -0.05) is 91.0 Å². The number of nitrogens with zero attached hydrogens (tertiary/aromatic N) is 2. The van der Waals surface area contributed by atoms with Gasteiger partial charge in [0, 0.05) is 36.5 Å². The van der Waals surface area contributed by atoms with E-state index in [2.05, 4.69) is 115 Å². The van der Waals surface area contributed by atoms with Gasteiger partial charge in [0.2, 0.25) is 0 Å². The zero-order valence-electron chi connectivity index (χ0n) is 19.5. The van der Waals surface area contributed by atoms with Gasteiger partial charge in [-0.2, -0.15) is 0 Å². The van der Waals surface area contributed by atoms with E-state index in [0.29, 0.717) is 17.9 Å². The summed E-state index contributed by atoms with van der Waals surface area (Å²) >= 11 is 0. The average molecular weight is 425 g/mol. The van der Waals surface area contributed by atoms with Gasteiger partial charge in [0.1, 0.15) is 0 Å². The summed E-state index contributed by atoms with van der Waals surface area (Å²) in [6.07, 6.45) is 4.87. The number of rotatable bonds is 6. The molecule has 166 valence electrons. The second kappa shape index (κ2) is 9.21. The third-order valence-corrected chi connectivity index (χ3v) is 8.24. The van der Waals surface area contributed by atoms with Crippen molar-refractivity contribution < 1.29 is 0 Å². The van der Waals surface area contributed by atoms with Gasteiger partial charge in [0.15, 0.2) is 0 Å². The first-order valence-electron chi connectivity index (χ1n) is 12.2. The molecule has 2 heterocycles. The van der Waals surface area contributed by atoms with E-state index in [1.165, 1.54) is 42.5 Å². The third kappa shape index (κ3) is 4.14. The van der Waals surface area contributed by atoms with Crippen LogP contribution in [0, 0.1) is 0 Å². The van der Waals surface area contributed by atoms with E-state index in [9.17, 15) is 0 Å². The molecule has 0 radical (unpaired) electrons. The zero-order chi connectivity index (χ0) is 22.0. The largest absolute Gasteiger partial charge is 0.304 e. The van der Waals surface area contributed by atoms with Crippen LogP contribution in [0.1, 0.15) is 47.8 Å². The van der Waals surface area contributed by atoms with Crippen LogP contribution in [0.25, 0.3) is 0 Å². The number of hydrogen-bond donors (Lipinski definition) is 0. The molecule has 3 aromatic carbocycles. The molecule has 2 heteroatoms. The molecule has 0 unspecified atom stereocenters. The minimum atomic E-state index is 0.249. The van der Waals surface area contributed by atoms with Gasteiger partial charge in [-0.15, -0.1) is 0 Å². The van der Waals surface area contributed by atoms with Crippen molar-refractivity contribution in [3.8, 4) is 0 Å².